The van der Waals surface area contributed by atoms with Crippen LogP contribution in [0.2, 0.25) is 0 Å². The Balaban J connectivity index is 1.61. The molecule has 0 nitrogen and oxygen atoms in total. The van der Waals surface area contributed by atoms with Crippen LogP contribution in [0.3, 0.4) is 0 Å². The summed E-state index contributed by atoms with van der Waals surface area (Å²) in [5, 5.41) is 0. The molecule has 1 saturated carbocycles. The van der Waals surface area contributed by atoms with Crippen molar-refractivity contribution in [1.29, 1.82) is 0 Å². The number of hydrogen-bond acceptors (Lipinski definition) is 0. The number of benzene rings is 2. The van der Waals surface area contributed by atoms with Gasteiger partial charge in [-0.05, 0) is 105 Å². The Morgan fingerprint density at radius 2 is 1.82 bits per heavy atom. The molecule has 0 heterocycles. The molecule has 2 aromatic rings. The summed E-state index contributed by atoms with van der Waals surface area (Å²) in [4.78, 5) is 0. The van der Waals surface area contributed by atoms with Crippen LogP contribution in [-0.2, 0) is 6.42 Å². The molecule has 148 valence electrons. The zero-order chi connectivity index (χ0) is 19.7. The van der Waals surface area contributed by atoms with Crippen LogP contribution >= 0.6 is 0 Å². The molecule has 0 radical (unpaired) electrons. The SMILES string of the molecule is C/C=C/CC[C@@H]1CC[C@@H]2c3cc(F)c(-c4ccc(F)cc4)c(F)c3CC[C@@H]2C1. The molecule has 4 rings (SSSR count). The minimum absolute atomic E-state index is 0.0164. The number of hydrogen-bond donors (Lipinski definition) is 0. The topological polar surface area (TPSA) is 0 Å². The lowest BCUT2D eigenvalue weighted by molar-refractivity contribution is 0.201. The van der Waals surface area contributed by atoms with Crippen LogP contribution in [0, 0.1) is 29.3 Å². The van der Waals surface area contributed by atoms with Crippen LogP contribution < -0.4 is 0 Å². The number of allylic oxidation sites excluding steroid dienone is 2. The summed E-state index contributed by atoms with van der Waals surface area (Å²) in [5.41, 5.74) is 1.93. The number of fused-ring (bicyclic) bond motifs is 3. The summed E-state index contributed by atoms with van der Waals surface area (Å²) in [5.74, 6) is 0.151. The molecule has 2 aromatic carbocycles. The van der Waals surface area contributed by atoms with Crippen molar-refractivity contribution >= 4 is 0 Å². The lowest BCUT2D eigenvalue weighted by atomic mass is 9.64. The maximum atomic E-state index is 15.3. The predicted octanol–water partition coefficient (Wildman–Crippen LogP) is 7.57. The van der Waals surface area contributed by atoms with Gasteiger partial charge in [-0.3, -0.25) is 0 Å². The van der Waals surface area contributed by atoms with Gasteiger partial charge in [0.05, 0.1) is 5.56 Å². The van der Waals surface area contributed by atoms with Crippen molar-refractivity contribution < 1.29 is 13.2 Å². The van der Waals surface area contributed by atoms with E-state index in [2.05, 4.69) is 19.1 Å². The van der Waals surface area contributed by atoms with E-state index in [0.29, 0.717) is 23.5 Å². The third kappa shape index (κ3) is 3.64. The van der Waals surface area contributed by atoms with Crippen LogP contribution in [-0.4, -0.2) is 0 Å². The van der Waals surface area contributed by atoms with Gasteiger partial charge < -0.3 is 0 Å². The van der Waals surface area contributed by atoms with Crippen molar-refractivity contribution in [1.82, 2.24) is 0 Å². The smallest absolute Gasteiger partial charge is 0.137 e. The Morgan fingerprint density at radius 3 is 2.57 bits per heavy atom. The molecule has 0 bridgehead atoms. The van der Waals surface area contributed by atoms with Gasteiger partial charge in [0.2, 0.25) is 0 Å². The Kier molecular flexibility index (Phi) is 5.61. The molecule has 2 aliphatic rings. The lowest BCUT2D eigenvalue weighted by Crippen LogP contribution is -2.29. The van der Waals surface area contributed by atoms with Crippen molar-refractivity contribution in [3.05, 3.63) is 71.1 Å². The first-order chi connectivity index (χ1) is 13.6. The molecule has 0 amide bonds. The van der Waals surface area contributed by atoms with Crippen LogP contribution in [0.25, 0.3) is 11.1 Å². The van der Waals surface area contributed by atoms with Crippen LogP contribution in [0.4, 0.5) is 13.2 Å². The normalized spacial score (nSPS) is 24.2. The summed E-state index contributed by atoms with van der Waals surface area (Å²) in [6, 6.07) is 6.96. The largest absolute Gasteiger partial charge is 0.207 e. The van der Waals surface area contributed by atoms with Gasteiger partial charge in [-0.2, -0.15) is 0 Å². The summed E-state index contributed by atoms with van der Waals surface area (Å²) in [6.07, 6.45) is 11.6. The molecular weight excluding hydrogens is 357 g/mol. The quantitative estimate of drug-likeness (QED) is 0.477. The van der Waals surface area contributed by atoms with E-state index in [9.17, 15) is 8.78 Å². The second-order valence-electron chi connectivity index (χ2n) is 8.35. The van der Waals surface area contributed by atoms with Gasteiger partial charge in [0.25, 0.3) is 0 Å². The van der Waals surface area contributed by atoms with Gasteiger partial charge in [0.15, 0.2) is 0 Å². The van der Waals surface area contributed by atoms with E-state index >= 15 is 4.39 Å². The summed E-state index contributed by atoms with van der Waals surface area (Å²) < 4.78 is 43.4. The fourth-order valence-corrected chi connectivity index (χ4v) is 5.32. The minimum atomic E-state index is -0.529. The monoisotopic (exact) mass is 384 g/mol. The molecule has 1 fully saturated rings. The Bertz CT molecular complexity index is 866. The summed E-state index contributed by atoms with van der Waals surface area (Å²) in [6.45, 7) is 2.05. The molecule has 0 unspecified atom stereocenters. The summed E-state index contributed by atoms with van der Waals surface area (Å²) in [7, 11) is 0. The second-order valence-corrected chi connectivity index (χ2v) is 8.35. The van der Waals surface area contributed by atoms with Crippen molar-refractivity contribution in [2.24, 2.45) is 11.8 Å². The average molecular weight is 384 g/mol. The maximum Gasteiger partial charge on any atom is 0.137 e. The van der Waals surface area contributed by atoms with Crippen LogP contribution in [0.15, 0.2) is 42.5 Å². The molecule has 0 saturated heterocycles. The fraction of sp³-hybridized carbons (Fsp3) is 0.440. The van der Waals surface area contributed by atoms with Gasteiger partial charge in [0, 0.05) is 0 Å². The van der Waals surface area contributed by atoms with E-state index in [1.54, 1.807) is 6.07 Å². The molecule has 3 atom stereocenters. The third-order valence-electron chi connectivity index (χ3n) is 6.72. The highest BCUT2D eigenvalue weighted by Gasteiger charge is 2.37. The van der Waals surface area contributed by atoms with Gasteiger partial charge in [-0.15, -0.1) is 0 Å². The maximum absolute atomic E-state index is 15.3. The highest BCUT2D eigenvalue weighted by molar-refractivity contribution is 5.67. The van der Waals surface area contributed by atoms with Gasteiger partial charge in [0.1, 0.15) is 17.5 Å². The van der Waals surface area contributed by atoms with Crippen molar-refractivity contribution in [2.45, 2.75) is 57.8 Å². The van der Waals surface area contributed by atoms with Crippen LogP contribution in [0.1, 0.15) is 62.5 Å². The van der Waals surface area contributed by atoms with Gasteiger partial charge in [-0.1, -0.05) is 24.3 Å². The zero-order valence-electron chi connectivity index (χ0n) is 16.4. The Morgan fingerprint density at radius 1 is 1.04 bits per heavy atom. The first-order valence-electron chi connectivity index (χ1n) is 10.5. The molecule has 0 N–H and O–H groups in total. The first kappa shape index (κ1) is 19.3. The van der Waals surface area contributed by atoms with Gasteiger partial charge in [-0.25, -0.2) is 13.2 Å². The van der Waals surface area contributed by atoms with E-state index in [4.69, 9.17) is 0 Å². The highest BCUT2D eigenvalue weighted by Crippen LogP contribution is 2.49. The molecule has 0 aliphatic heterocycles. The van der Waals surface area contributed by atoms with Gasteiger partial charge >= 0.3 is 0 Å². The highest BCUT2D eigenvalue weighted by atomic mass is 19.1. The third-order valence-corrected chi connectivity index (χ3v) is 6.72. The zero-order valence-corrected chi connectivity index (χ0v) is 16.4. The van der Waals surface area contributed by atoms with E-state index in [1.165, 1.54) is 37.1 Å². The van der Waals surface area contributed by atoms with Crippen molar-refractivity contribution in [3.63, 3.8) is 0 Å². The lowest BCUT2D eigenvalue weighted by Gasteiger charge is -2.41. The van der Waals surface area contributed by atoms with E-state index in [0.717, 1.165) is 37.2 Å². The standard InChI is InChI=1S/C25H27F3/c1-2-3-4-5-16-6-12-20-18(14-16)9-13-21-22(20)15-23(27)24(25(21)28)17-7-10-19(26)11-8-17/h2-3,7-8,10-11,15-16,18,20H,4-6,9,12-14H2,1H3/b3-2+/t16-,18-,20+/m1/s1. The molecule has 0 spiro atoms. The molecule has 0 aromatic heterocycles. The Labute approximate surface area is 165 Å². The van der Waals surface area contributed by atoms with Crippen molar-refractivity contribution in [2.75, 3.05) is 0 Å². The average Bonchev–Trinajstić information content (AvgIpc) is 2.69. The number of rotatable bonds is 4. The molecule has 2 aliphatic carbocycles. The Hall–Kier alpha value is -2.03. The summed E-state index contributed by atoms with van der Waals surface area (Å²) >= 11 is 0. The van der Waals surface area contributed by atoms with Crippen LogP contribution in [0.5, 0.6) is 0 Å². The number of halogens is 3. The molecular formula is C25H27F3. The molecule has 28 heavy (non-hydrogen) atoms. The van der Waals surface area contributed by atoms with E-state index in [-0.39, 0.29) is 11.5 Å². The first-order valence-corrected chi connectivity index (χ1v) is 10.5. The minimum Gasteiger partial charge on any atom is -0.207 e. The van der Waals surface area contributed by atoms with E-state index < -0.39 is 17.5 Å². The van der Waals surface area contributed by atoms with E-state index in [1.807, 2.05) is 0 Å². The second kappa shape index (κ2) is 8.14. The predicted molar refractivity (Wildman–Crippen MR) is 108 cm³/mol. The fourth-order valence-electron chi connectivity index (χ4n) is 5.32. The molecule has 3 heteroatoms. The van der Waals surface area contributed by atoms with Crippen molar-refractivity contribution in [3.8, 4) is 11.1 Å².